The number of primary amides is 1. The first-order valence-corrected chi connectivity index (χ1v) is 5.89. The number of pyridine rings is 2. The standard InChI is InChI=1S/C13H15N5O2/c1-20-11-5-2-8(6-16-11)7-17-13-9(14)3-4-10(18-13)12(15)19/h2-6H,7,14H2,1H3,(H2,15,19)(H,17,18). The summed E-state index contributed by atoms with van der Waals surface area (Å²) < 4.78 is 4.98. The van der Waals surface area contributed by atoms with Crippen LogP contribution in [0.1, 0.15) is 16.1 Å². The number of ether oxygens (including phenoxy) is 1. The number of nitrogen functional groups attached to an aromatic ring is 1. The Hall–Kier alpha value is -2.83. The number of aromatic nitrogens is 2. The summed E-state index contributed by atoms with van der Waals surface area (Å²) in [5, 5.41) is 3.04. The molecule has 1 amide bonds. The van der Waals surface area contributed by atoms with E-state index in [1.807, 2.05) is 6.07 Å². The van der Waals surface area contributed by atoms with E-state index in [1.54, 1.807) is 25.4 Å². The van der Waals surface area contributed by atoms with Crippen LogP contribution >= 0.6 is 0 Å². The maximum Gasteiger partial charge on any atom is 0.267 e. The van der Waals surface area contributed by atoms with Gasteiger partial charge in [0.1, 0.15) is 11.5 Å². The van der Waals surface area contributed by atoms with Gasteiger partial charge in [-0.2, -0.15) is 0 Å². The van der Waals surface area contributed by atoms with E-state index in [9.17, 15) is 4.79 Å². The molecule has 0 saturated carbocycles. The van der Waals surface area contributed by atoms with Gasteiger partial charge >= 0.3 is 0 Å². The Labute approximate surface area is 116 Å². The molecule has 2 aromatic heterocycles. The van der Waals surface area contributed by atoms with Crippen molar-refractivity contribution in [2.75, 3.05) is 18.2 Å². The van der Waals surface area contributed by atoms with E-state index in [-0.39, 0.29) is 5.69 Å². The molecule has 0 aliphatic carbocycles. The van der Waals surface area contributed by atoms with Gasteiger partial charge in [-0.15, -0.1) is 0 Å². The van der Waals surface area contributed by atoms with Crippen molar-refractivity contribution in [2.24, 2.45) is 5.73 Å². The lowest BCUT2D eigenvalue weighted by Crippen LogP contribution is -2.15. The van der Waals surface area contributed by atoms with E-state index < -0.39 is 5.91 Å². The van der Waals surface area contributed by atoms with E-state index in [1.165, 1.54) is 6.07 Å². The van der Waals surface area contributed by atoms with Crippen LogP contribution in [0.15, 0.2) is 30.5 Å². The summed E-state index contributed by atoms with van der Waals surface area (Å²) in [4.78, 5) is 19.2. The summed E-state index contributed by atoms with van der Waals surface area (Å²) in [6, 6.07) is 6.69. The molecule has 0 fully saturated rings. The van der Waals surface area contributed by atoms with E-state index in [0.717, 1.165) is 5.56 Å². The van der Waals surface area contributed by atoms with Gasteiger partial charge in [0.2, 0.25) is 5.88 Å². The highest BCUT2D eigenvalue weighted by Crippen LogP contribution is 2.17. The lowest BCUT2D eigenvalue weighted by atomic mass is 10.2. The summed E-state index contributed by atoms with van der Waals surface area (Å²) in [6.45, 7) is 0.469. The summed E-state index contributed by atoms with van der Waals surface area (Å²) in [7, 11) is 1.56. The van der Waals surface area contributed by atoms with Crippen LogP contribution in [0.5, 0.6) is 5.88 Å². The number of methoxy groups -OCH3 is 1. The van der Waals surface area contributed by atoms with Crippen LogP contribution in [0.25, 0.3) is 0 Å². The first-order valence-electron chi connectivity index (χ1n) is 5.89. The second-order valence-electron chi connectivity index (χ2n) is 4.06. The van der Waals surface area contributed by atoms with Crippen molar-refractivity contribution in [3.63, 3.8) is 0 Å². The fourth-order valence-electron chi connectivity index (χ4n) is 1.57. The number of amides is 1. The Bertz CT molecular complexity index is 613. The van der Waals surface area contributed by atoms with Crippen molar-refractivity contribution in [1.29, 1.82) is 0 Å². The Balaban J connectivity index is 2.09. The molecule has 0 unspecified atom stereocenters. The first kappa shape index (κ1) is 13.6. The van der Waals surface area contributed by atoms with Crippen molar-refractivity contribution in [2.45, 2.75) is 6.54 Å². The van der Waals surface area contributed by atoms with E-state index in [4.69, 9.17) is 16.2 Å². The fourth-order valence-corrected chi connectivity index (χ4v) is 1.57. The van der Waals surface area contributed by atoms with Crippen molar-refractivity contribution in [1.82, 2.24) is 9.97 Å². The number of carbonyl (C=O) groups excluding carboxylic acids is 1. The molecule has 104 valence electrons. The Morgan fingerprint density at radius 1 is 1.35 bits per heavy atom. The summed E-state index contributed by atoms with van der Waals surface area (Å²) in [5.74, 6) is 0.360. The van der Waals surface area contributed by atoms with Gasteiger partial charge < -0.3 is 21.5 Å². The number of nitrogens with two attached hydrogens (primary N) is 2. The molecule has 0 spiro atoms. The monoisotopic (exact) mass is 273 g/mol. The topological polar surface area (TPSA) is 116 Å². The van der Waals surface area contributed by atoms with Crippen LogP contribution < -0.4 is 21.5 Å². The molecule has 2 aromatic rings. The number of hydrogen-bond donors (Lipinski definition) is 3. The highest BCUT2D eigenvalue weighted by molar-refractivity contribution is 5.91. The Kier molecular flexibility index (Phi) is 3.99. The molecule has 20 heavy (non-hydrogen) atoms. The number of nitrogens with zero attached hydrogens (tertiary/aromatic N) is 2. The third kappa shape index (κ3) is 3.14. The van der Waals surface area contributed by atoms with Crippen LogP contribution in [0.4, 0.5) is 11.5 Å². The van der Waals surface area contributed by atoms with Gasteiger partial charge in [-0.3, -0.25) is 4.79 Å². The van der Waals surface area contributed by atoms with Crippen molar-refractivity contribution in [3.8, 4) is 5.88 Å². The Morgan fingerprint density at radius 3 is 2.75 bits per heavy atom. The zero-order valence-electron chi connectivity index (χ0n) is 11.0. The lowest BCUT2D eigenvalue weighted by molar-refractivity contribution is 0.0996. The summed E-state index contributed by atoms with van der Waals surface area (Å²) in [5.41, 5.74) is 12.5. The second kappa shape index (κ2) is 5.87. The minimum Gasteiger partial charge on any atom is -0.481 e. The largest absolute Gasteiger partial charge is 0.481 e. The predicted octanol–water partition coefficient (Wildman–Crippen LogP) is 0.778. The molecule has 5 N–H and O–H groups in total. The van der Waals surface area contributed by atoms with E-state index >= 15 is 0 Å². The molecule has 0 aliphatic heterocycles. The highest BCUT2D eigenvalue weighted by Gasteiger charge is 2.07. The summed E-state index contributed by atoms with van der Waals surface area (Å²) in [6.07, 6.45) is 1.68. The zero-order valence-corrected chi connectivity index (χ0v) is 11.0. The molecule has 0 saturated heterocycles. The van der Waals surface area contributed by atoms with E-state index in [2.05, 4.69) is 15.3 Å². The van der Waals surface area contributed by atoms with Crippen LogP contribution in [0.2, 0.25) is 0 Å². The van der Waals surface area contributed by atoms with Gasteiger partial charge in [-0.25, -0.2) is 9.97 Å². The quantitative estimate of drug-likeness (QED) is 0.741. The minimum atomic E-state index is -0.598. The van der Waals surface area contributed by atoms with Gasteiger partial charge in [-0.05, 0) is 17.7 Å². The number of nitrogens with one attached hydrogen (secondary N) is 1. The molecule has 0 radical (unpaired) electrons. The predicted molar refractivity (Wildman–Crippen MR) is 75.3 cm³/mol. The van der Waals surface area contributed by atoms with Crippen molar-refractivity contribution < 1.29 is 9.53 Å². The van der Waals surface area contributed by atoms with Crippen molar-refractivity contribution >= 4 is 17.4 Å². The first-order chi connectivity index (χ1) is 9.60. The van der Waals surface area contributed by atoms with Gasteiger partial charge in [0.25, 0.3) is 5.91 Å². The number of hydrogen-bond acceptors (Lipinski definition) is 6. The maximum absolute atomic E-state index is 11.1. The number of rotatable bonds is 5. The molecule has 7 heteroatoms. The third-order valence-electron chi connectivity index (χ3n) is 2.65. The minimum absolute atomic E-state index is 0.162. The maximum atomic E-state index is 11.1. The molecule has 0 aliphatic rings. The van der Waals surface area contributed by atoms with Crippen LogP contribution in [0, 0.1) is 0 Å². The van der Waals surface area contributed by atoms with Gasteiger partial charge in [0, 0.05) is 18.8 Å². The number of anilines is 2. The lowest BCUT2D eigenvalue weighted by Gasteiger charge is -2.09. The zero-order chi connectivity index (χ0) is 14.5. The van der Waals surface area contributed by atoms with Gasteiger partial charge in [0.05, 0.1) is 12.8 Å². The molecule has 0 bridgehead atoms. The van der Waals surface area contributed by atoms with Gasteiger partial charge in [-0.1, -0.05) is 6.07 Å². The molecule has 2 heterocycles. The van der Waals surface area contributed by atoms with Gasteiger partial charge in [0.15, 0.2) is 0 Å². The normalized spacial score (nSPS) is 10.1. The fraction of sp³-hybridized carbons (Fsp3) is 0.154. The molecule has 0 atom stereocenters. The average molecular weight is 273 g/mol. The van der Waals surface area contributed by atoms with Crippen LogP contribution in [-0.4, -0.2) is 23.0 Å². The molecule has 7 nitrogen and oxygen atoms in total. The second-order valence-corrected chi connectivity index (χ2v) is 4.06. The average Bonchev–Trinajstić information content (AvgIpc) is 2.46. The molecule has 0 aromatic carbocycles. The van der Waals surface area contributed by atoms with Crippen LogP contribution in [0.3, 0.4) is 0 Å². The highest BCUT2D eigenvalue weighted by atomic mass is 16.5. The summed E-state index contributed by atoms with van der Waals surface area (Å²) >= 11 is 0. The smallest absolute Gasteiger partial charge is 0.267 e. The van der Waals surface area contributed by atoms with Crippen molar-refractivity contribution in [3.05, 3.63) is 41.7 Å². The molecular formula is C13H15N5O2. The van der Waals surface area contributed by atoms with Crippen LogP contribution in [-0.2, 0) is 6.54 Å². The molecule has 2 rings (SSSR count). The molecular weight excluding hydrogens is 258 g/mol. The third-order valence-corrected chi connectivity index (χ3v) is 2.65. The number of carbonyl (C=O) groups is 1. The Morgan fingerprint density at radius 2 is 2.15 bits per heavy atom. The SMILES string of the molecule is COc1ccc(CNc2nc(C(N)=O)ccc2N)cn1. The van der Waals surface area contributed by atoms with E-state index in [0.29, 0.717) is 23.9 Å².